The zero-order valence-electron chi connectivity index (χ0n) is 18.1. The number of amides is 1. The maximum Gasteiger partial charge on any atom is 0.266 e. The molecule has 3 aromatic carbocycles. The topological polar surface area (TPSA) is 64.0 Å². The van der Waals surface area contributed by atoms with Gasteiger partial charge in [0.1, 0.15) is 0 Å². The minimum atomic E-state index is -0.139. The van der Waals surface area contributed by atoms with Gasteiger partial charge in [0.15, 0.2) is 5.16 Å². The number of carbonyl (C=O) groups excluding carboxylic acids is 1. The minimum absolute atomic E-state index is 0.108. The summed E-state index contributed by atoms with van der Waals surface area (Å²) in [7, 11) is 0. The zero-order valence-corrected chi connectivity index (χ0v) is 18.9. The van der Waals surface area contributed by atoms with Crippen LogP contribution in [0.25, 0.3) is 16.6 Å². The molecule has 32 heavy (non-hydrogen) atoms. The van der Waals surface area contributed by atoms with Gasteiger partial charge < -0.3 is 5.32 Å². The summed E-state index contributed by atoms with van der Waals surface area (Å²) in [5, 5.41) is 3.98. The number of nitrogens with zero attached hydrogens (tertiary/aromatic N) is 2. The van der Waals surface area contributed by atoms with Crippen LogP contribution in [0.15, 0.2) is 88.8 Å². The smallest absolute Gasteiger partial charge is 0.266 e. The Bertz CT molecular complexity index is 1280. The fourth-order valence-electron chi connectivity index (χ4n) is 3.42. The van der Waals surface area contributed by atoms with Crippen molar-refractivity contribution >= 4 is 28.6 Å². The first-order valence-electron chi connectivity index (χ1n) is 10.6. The number of carbonyl (C=O) groups is 1. The Morgan fingerprint density at radius 1 is 0.969 bits per heavy atom. The molecule has 4 rings (SSSR count). The van der Waals surface area contributed by atoms with Gasteiger partial charge in [-0.1, -0.05) is 80.2 Å². The molecule has 4 aromatic rings. The van der Waals surface area contributed by atoms with Gasteiger partial charge in [-0.05, 0) is 41.3 Å². The lowest BCUT2D eigenvalue weighted by atomic mass is 10.0. The van der Waals surface area contributed by atoms with Gasteiger partial charge in [-0.2, -0.15) is 0 Å². The molecular formula is C26H25N3O2S. The summed E-state index contributed by atoms with van der Waals surface area (Å²) in [6.07, 6.45) is 0. The Balaban J connectivity index is 1.61. The SMILES string of the molecule is CC(C)c1ccc(-n2c(SCC(=O)NCc3ccccc3)nc3ccccc3c2=O)cc1. The molecule has 0 aliphatic heterocycles. The number of benzene rings is 3. The van der Waals surface area contributed by atoms with Crippen molar-refractivity contribution in [3.63, 3.8) is 0 Å². The van der Waals surface area contributed by atoms with Crippen LogP contribution in [0.1, 0.15) is 30.9 Å². The highest BCUT2D eigenvalue weighted by Gasteiger charge is 2.15. The van der Waals surface area contributed by atoms with Gasteiger partial charge in [-0.15, -0.1) is 0 Å². The average Bonchev–Trinajstić information content (AvgIpc) is 2.82. The van der Waals surface area contributed by atoms with Crippen molar-refractivity contribution < 1.29 is 4.79 Å². The molecule has 162 valence electrons. The van der Waals surface area contributed by atoms with E-state index in [-0.39, 0.29) is 17.2 Å². The van der Waals surface area contributed by atoms with E-state index < -0.39 is 0 Å². The number of thioether (sulfide) groups is 1. The molecule has 1 N–H and O–H groups in total. The third-order valence-electron chi connectivity index (χ3n) is 5.23. The summed E-state index contributed by atoms with van der Waals surface area (Å²) in [5.41, 5.74) is 3.46. The summed E-state index contributed by atoms with van der Waals surface area (Å²) in [4.78, 5) is 30.5. The van der Waals surface area contributed by atoms with Gasteiger partial charge in [0, 0.05) is 6.54 Å². The van der Waals surface area contributed by atoms with Crippen molar-refractivity contribution in [1.29, 1.82) is 0 Å². The van der Waals surface area contributed by atoms with Gasteiger partial charge in [0.05, 0.1) is 22.3 Å². The Labute approximate surface area is 191 Å². The predicted octanol–water partition coefficient (Wildman–Crippen LogP) is 4.92. The van der Waals surface area contributed by atoms with Gasteiger partial charge in [0.2, 0.25) is 5.91 Å². The fourth-order valence-corrected chi connectivity index (χ4v) is 4.27. The van der Waals surface area contributed by atoms with E-state index in [1.165, 1.54) is 17.3 Å². The van der Waals surface area contributed by atoms with Gasteiger partial charge >= 0.3 is 0 Å². The number of nitrogens with one attached hydrogen (secondary N) is 1. The van der Waals surface area contributed by atoms with Crippen LogP contribution >= 0.6 is 11.8 Å². The summed E-state index contributed by atoms with van der Waals surface area (Å²) in [5.74, 6) is 0.461. The molecule has 1 aromatic heterocycles. The van der Waals surface area contributed by atoms with E-state index in [9.17, 15) is 9.59 Å². The van der Waals surface area contributed by atoms with Crippen LogP contribution in [0.4, 0.5) is 0 Å². The van der Waals surface area contributed by atoms with Crippen LogP contribution in [0.5, 0.6) is 0 Å². The molecule has 0 saturated carbocycles. The standard InChI is InChI=1S/C26H25N3O2S/c1-18(2)20-12-14-21(15-13-20)29-25(31)22-10-6-7-11-23(22)28-26(29)32-17-24(30)27-16-19-8-4-3-5-9-19/h3-15,18H,16-17H2,1-2H3,(H,27,30). The van der Waals surface area contributed by atoms with E-state index in [1.54, 1.807) is 10.6 Å². The van der Waals surface area contributed by atoms with Gasteiger partial charge in [-0.3, -0.25) is 14.2 Å². The van der Waals surface area contributed by atoms with E-state index >= 15 is 0 Å². The molecule has 5 nitrogen and oxygen atoms in total. The monoisotopic (exact) mass is 443 g/mol. The number of para-hydroxylation sites is 1. The summed E-state index contributed by atoms with van der Waals surface area (Å²) >= 11 is 1.26. The first-order valence-corrected chi connectivity index (χ1v) is 11.6. The molecule has 6 heteroatoms. The van der Waals surface area contributed by atoms with Gasteiger partial charge in [-0.25, -0.2) is 4.98 Å². The quantitative estimate of drug-likeness (QED) is 0.325. The van der Waals surface area contributed by atoms with Crippen LogP contribution in [-0.2, 0) is 11.3 Å². The molecule has 0 aliphatic rings. The lowest BCUT2D eigenvalue weighted by Gasteiger charge is -2.14. The van der Waals surface area contributed by atoms with Crippen LogP contribution in [0.2, 0.25) is 0 Å². The van der Waals surface area contributed by atoms with Crippen LogP contribution in [0, 0.1) is 0 Å². The van der Waals surface area contributed by atoms with Crippen molar-refractivity contribution in [3.8, 4) is 5.69 Å². The number of hydrogen-bond donors (Lipinski definition) is 1. The first-order chi connectivity index (χ1) is 15.5. The Kier molecular flexibility index (Phi) is 6.71. The van der Waals surface area contributed by atoms with Crippen LogP contribution < -0.4 is 10.9 Å². The van der Waals surface area contributed by atoms with E-state index in [0.717, 1.165) is 11.3 Å². The predicted molar refractivity (Wildman–Crippen MR) is 130 cm³/mol. The molecule has 0 spiro atoms. The van der Waals surface area contributed by atoms with Crippen molar-refractivity contribution in [3.05, 3.63) is 100 Å². The first kappa shape index (κ1) is 21.8. The normalized spacial score (nSPS) is 11.1. The van der Waals surface area contributed by atoms with E-state index in [1.807, 2.05) is 72.8 Å². The van der Waals surface area contributed by atoms with Crippen LogP contribution in [0.3, 0.4) is 0 Å². The molecular weight excluding hydrogens is 418 g/mol. The van der Waals surface area contributed by atoms with Crippen molar-refractivity contribution in [2.75, 3.05) is 5.75 Å². The number of hydrogen-bond acceptors (Lipinski definition) is 4. The number of aromatic nitrogens is 2. The van der Waals surface area contributed by atoms with Crippen LogP contribution in [-0.4, -0.2) is 21.2 Å². The summed E-state index contributed by atoms with van der Waals surface area (Å²) in [6.45, 7) is 4.73. The molecule has 0 bridgehead atoms. The fraction of sp³-hybridized carbons (Fsp3) is 0.192. The third kappa shape index (κ3) is 4.92. The second kappa shape index (κ2) is 9.83. The van der Waals surface area contributed by atoms with Crippen molar-refractivity contribution in [2.24, 2.45) is 0 Å². The van der Waals surface area contributed by atoms with Crippen molar-refractivity contribution in [1.82, 2.24) is 14.9 Å². The number of fused-ring (bicyclic) bond motifs is 1. The van der Waals surface area contributed by atoms with Crippen molar-refractivity contribution in [2.45, 2.75) is 31.5 Å². The summed E-state index contributed by atoms with van der Waals surface area (Å²) < 4.78 is 1.60. The second-order valence-electron chi connectivity index (χ2n) is 7.85. The maximum absolute atomic E-state index is 13.3. The molecule has 0 atom stereocenters. The zero-order chi connectivity index (χ0) is 22.5. The Morgan fingerprint density at radius 3 is 2.38 bits per heavy atom. The Hall–Kier alpha value is -3.38. The molecule has 0 unspecified atom stereocenters. The minimum Gasteiger partial charge on any atom is -0.351 e. The Morgan fingerprint density at radius 2 is 1.66 bits per heavy atom. The van der Waals surface area contributed by atoms with E-state index in [0.29, 0.717) is 28.5 Å². The van der Waals surface area contributed by atoms with E-state index in [4.69, 9.17) is 4.98 Å². The molecule has 0 fully saturated rings. The lowest BCUT2D eigenvalue weighted by Crippen LogP contribution is -2.26. The highest BCUT2D eigenvalue weighted by atomic mass is 32.2. The lowest BCUT2D eigenvalue weighted by molar-refractivity contribution is -0.118. The molecule has 0 saturated heterocycles. The summed E-state index contributed by atoms with van der Waals surface area (Å²) in [6, 6.07) is 25.0. The molecule has 0 aliphatic carbocycles. The maximum atomic E-state index is 13.3. The van der Waals surface area contributed by atoms with E-state index in [2.05, 4.69) is 19.2 Å². The number of rotatable bonds is 7. The largest absolute Gasteiger partial charge is 0.351 e. The molecule has 1 amide bonds. The highest BCUT2D eigenvalue weighted by molar-refractivity contribution is 7.99. The second-order valence-corrected chi connectivity index (χ2v) is 8.79. The average molecular weight is 444 g/mol. The molecule has 1 heterocycles. The highest BCUT2D eigenvalue weighted by Crippen LogP contribution is 2.23. The third-order valence-corrected chi connectivity index (χ3v) is 6.17. The molecule has 0 radical (unpaired) electrons. The van der Waals surface area contributed by atoms with Gasteiger partial charge in [0.25, 0.3) is 5.56 Å².